The van der Waals surface area contributed by atoms with Crippen molar-refractivity contribution in [2.45, 2.75) is 0 Å². The molecule has 9 nitrogen and oxygen atoms in total. The van der Waals surface area contributed by atoms with Crippen LogP contribution in [0, 0.1) is 10.1 Å². The van der Waals surface area contributed by atoms with Crippen LogP contribution in [-0.4, -0.2) is 28.5 Å². The van der Waals surface area contributed by atoms with Crippen LogP contribution in [0.25, 0.3) is 16.8 Å². The number of benzene rings is 3. The van der Waals surface area contributed by atoms with Gasteiger partial charge in [-0.3, -0.25) is 35.9 Å². The number of nitrogens with one attached hydrogen (secondary N) is 3. The number of carbonyl (C=O) groups is 2. The largest absolute Gasteiger partial charge is 0.483 e. The van der Waals surface area contributed by atoms with E-state index in [1.807, 2.05) is 36.4 Å². The number of fused-ring (bicyclic) bond motifs is 1. The zero-order chi connectivity index (χ0) is 22.9. The Hall–Kier alpha value is -4.31. The third kappa shape index (κ3) is 6.34. The van der Waals surface area contributed by atoms with E-state index >= 15 is 0 Å². The van der Waals surface area contributed by atoms with Gasteiger partial charge in [0.15, 0.2) is 11.7 Å². The van der Waals surface area contributed by atoms with E-state index in [-0.39, 0.29) is 17.4 Å². The lowest BCUT2D eigenvalue weighted by molar-refractivity contribution is -0.384. The fourth-order valence-electron chi connectivity index (χ4n) is 2.73. The molecule has 0 fully saturated rings. The van der Waals surface area contributed by atoms with E-state index < -0.39 is 16.7 Å². The van der Waals surface area contributed by atoms with Gasteiger partial charge in [-0.25, -0.2) is 0 Å². The molecule has 0 bridgehead atoms. The van der Waals surface area contributed by atoms with Crippen molar-refractivity contribution >= 4 is 51.7 Å². The van der Waals surface area contributed by atoms with Crippen molar-refractivity contribution in [3.05, 3.63) is 88.5 Å². The molecule has 0 aliphatic heterocycles. The summed E-state index contributed by atoms with van der Waals surface area (Å²) in [5, 5.41) is 14.9. The summed E-state index contributed by atoms with van der Waals surface area (Å²) in [5.74, 6) is -0.502. The number of carbonyl (C=O) groups excluding carboxylic acids is 2. The van der Waals surface area contributed by atoms with E-state index in [0.29, 0.717) is 11.3 Å². The van der Waals surface area contributed by atoms with Gasteiger partial charge in [0.05, 0.1) is 4.92 Å². The average Bonchev–Trinajstić information content (AvgIpc) is 2.80. The Bertz CT molecular complexity index is 1210. The Morgan fingerprint density at radius 1 is 1.03 bits per heavy atom. The molecule has 0 atom stereocenters. The highest BCUT2D eigenvalue weighted by Crippen LogP contribution is 2.24. The first-order chi connectivity index (χ1) is 15.4. The number of nitro benzene ring substituents is 1. The van der Waals surface area contributed by atoms with Crippen molar-refractivity contribution in [2.24, 2.45) is 0 Å². The van der Waals surface area contributed by atoms with Gasteiger partial charge in [-0.2, -0.15) is 0 Å². The second-order valence-corrected chi connectivity index (χ2v) is 6.85. The summed E-state index contributed by atoms with van der Waals surface area (Å²) in [6.45, 7) is -0.260. The van der Waals surface area contributed by atoms with Crippen LogP contribution in [0.2, 0.25) is 0 Å². The number of rotatable bonds is 6. The highest BCUT2D eigenvalue weighted by atomic mass is 32.1. The van der Waals surface area contributed by atoms with Crippen LogP contribution in [0.1, 0.15) is 5.56 Å². The van der Waals surface area contributed by atoms with Gasteiger partial charge >= 0.3 is 0 Å². The molecule has 3 aromatic carbocycles. The van der Waals surface area contributed by atoms with Crippen LogP contribution in [0.4, 0.5) is 5.69 Å². The Morgan fingerprint density at radius 2 is 1.78 bits per heavy atom. The summed E-state index contributed by atoms with van der Waals surface area (Å²) >= 11 is 4.95. The summed E-state index contributed by atoms with van der Waals surface area (Å²) in [4.78, 5) is 34.2. The number of hydrazine groups is 1. The van der Waals surface area contributed by atoms with Crippen molar-refractivity contribution in [3.63, 3.8) is 0 Å². The molecule has 0 saturated carbocycles. The Morgan fingerprint density at radius 3 is 2.59 bits per heavy atom. The van der Waals surface area contributed by atoms with Crippen LogP contribution in [0.5, 0.6) is 5.75 Å². The molecule has 0 heterocycles. The number of non-ortho nitro benzene ring substituents is 1. The van der Waals surface area contributed by atoms with E-state index in [1.165, 1.54) is 30.4 Å². The van der Waals surface area contributed by atoms with Gasteiger partial charge in [0.1, 0.15) is 5.75 Å². The van der Waals surface area contributed by atoms with Gasteiger partial charge in [0.2, 0.25) is 5.91 Å². The van der Waals surface area contributed by atoms with Crippen LogP contribution in [0.15, 0.2) is 72.8 Å². The predicted molar refractivity (Wildman–Crippen MR) is 124 cm³/mol. The molecule has 0 spiro atoms. The molecule has 0 unspecified atom stereocenters. The Kier molecular flexibility index (Phi) is 7.44. The van der Waals surface area contributed by atoms with Gasteiger partial charge in [0.25, 0.3) is 11.6 Å². The van der Waals surface area contributed by atoms with Gasteiger partial charge in [0, 0.05) is 23.6 Å². The third-order valence-corrected chi connectivity index (χ3v) is 4.37. The van der Waals surface area contributed by atoms with Gasteiger partial charge < -0.3 is 4.74 Å². The molecule has 0 aromatic heterocycles. The monoisotopic (exact) mass is 450 g/mol. The molecule has 10 heteroatoms. The second-order valence-electron chi connectivity index (χ2n) is 6.44. The SMILES string of the molecule is O=C(/C=C/c1cccc([N+](=O)[O-])c1)NC(=S)NNC(=O)COc1cccc2ccccc12. The second kappa shape index (κ2) is 10.6. The first-order valence-corrected chi connectivity index (χ1v) is 9.76. The molecule has 0 aliphatic carbocycles. The van der Waals surface area contributed by atoms with Gasteiger partial charge in [-0.15, -0.1) is 0 Å². The van der Waals surface area contributed by atoms with E-state index in [2.05, 4.69) is 16.2 Å². The first kappa shape index (κ1) is 22.4. The lowest BCUT2D eigenvalue weighted by atomic mass is 10.1. The van der Waals surface area contributed by atoms with Crippen molar-refractivity contribution in [3.8, 4) is 5.75 Å². The smallest absolute Gasteiger partial charge is 0.276 e. The van der Waals surface area contributed by atoms with Crippen LogP contribution in [-0.2, 0) is 9.59 Å². The third-order valence-electron chi connectivity index (χ3n) is 4.17. The fraction of sp³-hybridized carbons (Fsp3) is 0.0455. The molecular weight excluding hydrogens is 432 g/mol. The summed E-state index contributed by atoms with van der Waals surface area (Å²) in [5.41, 5.74) is 5.13. The Balaban J connectivity index is 1.44. The lowest BCUT2D eigenvalue weighted by Gasteiger charge is -2.11. The number of hydrogen-bond acceptors (Lipinski definition) is 6. The number of hydrogen-bond donors (Lipinski definition) is 3. The van der Waals surface area contributed by atoms with E-state index in [9.17, 15) is 19.7 Å². The van der Waals surface area contributed by atoms with E-state index in [0.717, 1.165) is 10.8 Å². The van der Waals surface area contributed by atoms with Crippen molar-refractivity contribution in [1.29, 1.82) is 0 Å². The van der Waals surface area contributed by atoms with Crippen molar-refractivity contribution in [2.75, 3.05) is 6.61 Å². The molecule has 162 valence electrons. The minimum absolute atomic E-state index is 0.0850. The zero-order valence-corrected chi connectivity index (χ0v) is 17.4. The van der Waals surface area contributed by atoms with Crippen molar-refractivity contribution < 1.29 is 19.2 Å². The van der Waals surface area contributed by atoms with Gasteiger partial charge in [-0.1, -0.05) is 48.5 Å². The van der Waals surface area contributed by atoms with Crippen molar-refractivity contribution in [1.82, 2.24) is 16.2 Å². The highest BCUT2D eigenvalue weighted by molar-refractivity contribution is 7.80. The zero-order valence-electron chi connectivity index (χ0n) is 16.6. The number of nitro groups is 1. The fourth-order valence-corrected chi connectivity index (χ4v) is 2.88. The maximum Gasteiger partial charge on any atom is 0.276 e. The summed E-state index contributed by atoms with van der Waals surface area (Å²) in [7, 11) is 0. The number of ether oxygens (including phenoxy) is 1. The quantitative estimate of drug-likeness (QED) is 0.228. The summed E-state index contributed by atoms with van der Waals surface area (Å²) in [6.07, 6.45) is 2.57. The minimum Gasteiger partial charge on any atom is -0.483 e. The maximum atomic E-state index is 12.0. The molecule has 0 aliphatic rings. The summed E-state index contributed by atoms with van der Waals surface area (Å²) < 4.78 is 5.57. The highest BCUT2D eigenvalue weighted by Gasteiger charge is 2.08. The topological polar surface area (TPSA) is 123 Å². The van der Waals surface area contributed by atoms with Crippen LogP contribution >= 0.6 is 12.2 Å². The average molecular weight is 450 g/mol. The number of amides is 2. The van der Waals surface area contributed by atoms with Crippen LogP contribution in [0.3, 0.4) is 0 Å². The Labute approximate surface area is 188 Å². The molecule has 3 aromatic rings. The molecule has 32 heavy (non-hydrogen) atoms. The van der Waals surface area contributed by atoms with E-state index in [4.69, 9.17) is 17.0 Å². The normalized spacial score (nSPS) is 10.5. The lowest BCUT2D eigenvalue weighted by Crippen LogP contribution is -2.49. The summed E-state index contributed by atoms with van der Waals surface area (Å²) in [6, 6.07) is 19.0. The van der Waals surface area contributed by atoms with Gasteiger partial charge in [-0.05, 0) is 35.3 Å². The molecule has 0 radical (unpaired) electrons. The number of nitrogens with zero attached hydrogens (tertiary/aromatic N) is 1. The molecular formula is C22H18N4O5S. The molecule has 0 saturated heterocycles. The molecule has 2 amide bonds. The standard InChI is InChI=1S/C22H18N4O5S/c27-20(12-11-15-5-3-8-17(13-15)26(29)30)23-22(32)25-24-21(28)14-31-19-10-4-7-16-6-1-2-9-18(16)19/h1-13H,14H2,(H,24,28)(H2,23,25,27,32)/b12-11+. The first-order valence-electron chi connectivity index (χ1n) is 9.35. The van der Waals surface area contributed by atoms with E-state index in [1.54, 1.807) is 12.1 Å². The van der Waals surface area contributed by atoms with Crippen LogP contribution < -0.4 is 20.9 Å². The predicted octanol–water partition coefficient (Wildman–Crippen LogP) is 2.86. The number of thiocarbonyl (C=S) groups is 1. The molecule has 3 rings (SSSR count). The maximum absolute atomic E-state index is 12.0. The minimum atomic E-state index is -0.574. The molecule has 3 N–H and O–H groups in total.